The summed E-state index contributed by atoms with van der Waals surface area (Å²) in [5.74, 6) is 0. The van der Waals surface area contributed by atoms with Gasteiger partial charge in [0, 0.05) is 0 Å². The number of aliphatic hydroxyl groups excluding tert-OH is 1. The van der Waals surface area contributed by atoms with Crippen molar-refractivity contribution in [3.05, 3.63) is 95.6 Å². The molecule has 0 spiro atoms. The molecule has 0 aliphatic heterocycles. The molecule has 0 amide bonds. The summed E-state index contributed by atoms with van der Waals surface area (Å²) in [4.78, 5) is 0. The lowest BCUT2D eigenvalue weighted by Gasteiger charge is -2.14. The second-order valence-electron chi connectivity index (χ2n) is 5.25. The zero-order valence-corrected chi connectivity index (χ0v) is 12.0. The summed E-state index contributed by atoms with van der Waals surface area (Å²) in [5.41, 5.74) is 5.44. The van der Waals surface area contributed by atoms with E-state index in [1.807, 2.05) is 54.6 Å². The molecule has 21 heavy (non-hydrogen) atoms. The molecule has 3 aromatic carbocycles. The van der Waals surface area contributed by atoms with Crippen LogP contribution in [0.5, 0.6) is 0 Å². The predicted octanol–water partition coefficient (Wildman–Crippen LogP) is 4.74. The van der Waals surface area contributed by atoms with Crippen molar-refractivity contribution in [1.82, 2.24) is 0 Å². The zero-order valence-electron chi connectivity index (χ0n) is 12.0. The normalized spacial score (nSPS) is 12.1. The van der Waals surface area contributed by atoms with Gasteiger partial charge in [0.1, 0.15) is 6.10 Å². The summed E-state index contributed by atoms with van der Waals surface area (Å²) < 4.78 is 0. The van der Waals surface area contributed by atoms with E-state index in [0.29, 0.717) is 0 Å². The van der Waals surface area contributed by atoms with Gasteiger partial charge in [-0.2, -0.15) is 0 Å². The lowest BCUT2D eigenvalue weighted by atomic mass is 9.94. The van der Waals surface area contributed by atoms with Crippen molar-refractivity contribution in [2.45, 2.75) is 13.0 Å². The van der Waals surface area contributed by atoms with Crippen LogP contribution in [0.15, 0.2) is 78.9 Å². The van der Waals surface area contributed by atoms with Gasteiger partial charge in [-0.15, -0.1) is 0 Å². The Balaban J connectivity index is 1.95. The molecule has 3 rings (SSSR count). The maximum Gasteiger partial charge on any atom is 0.104 e. The van der Waals surface area contributed by atoms with E-state index in [4.69, 9.17) is 0 Å². The van der Waals surface area contributed by atoms with Crippen LogP contribution in [0.1, 0.15) is 22.8 Å². The van der Waals surface area contributed by atoms with Gasteiger partial charge in [-0.3, -0.25) is 0 Å². The number of hydrogen-bond acceptors (Lipinski definition) is 1. The molecular formula is C20H18O. The Hall–Kier alpha value is -2.38. The van der Waals surface area contributed by atoms with Crippen molar-refractivity contribution in [3.8, 4) is 11.1 Å². The molecule has 0 fully saturated rings. The highest BCUT2D eigenvalue weighted by molar-refractivity contribution is 5.67. The van der Waals surface area contributed by atoms with Gasteiger partial charge >= 0.3 is 0 Å². The quantitative estimate of drug-likeness (QED) is 0.731. The van der Waals surface area contributed by atoms with Crippen LogP contribution in [0.4, 0.5) is 0 Å². The number of hydrogen-bond donors (Lipinski definition) is 1. The molecule has 1 N–H and O–H groups in total. The van der Waals surface area contributed by atoms with E-state index < -0.39 is 6.10 Å². The van der Waals surface area contributed by atoms with Gasteiger partial charge in [0.15, 0.2) is 0 Å². The minimum absolute atomic E-state index is 0.574. The maximum atomic E-state index is 10.5. The van der Waals surface area contributed by atoms with E-state index in [0.717, 1.165) is 11.1 Å². The van der Waals surface area contributed by atoms with Crippen LogP contribution >= 0.6 is 0 Å². The van der Waals surface area contributed by atoms with E-state index in [1.54, 1.807) is 0 Å². The summed E-state index contributed by atoms with van der Waals surface area (Å²) in [6.45, 7) is 2.09. The second-order valence-corrected chi connectivity index (χ2v) is 5.25. The SMILES string of the molecule is Cc1cc(C(O)c2ccccc2)ccc1-c1ccccc1. The van der Waals surface area contributed by atoms with E-state index >= 15 is 0 Å². The molecule has 1 unspecified atom stereocenters. The highest BCUT2D eigenvalue weighted by atomic mass is 16.3. The van der Waals surface area contributed by atoms with Crippen LogP contribution in [0.25, 0.3) is 11.1 Å². The first-order chi connectivity index (χ1) is 10.3. The molecule has 1 atom stereocenters. The molecule has 0 radical (unpaired) electrons. The largest absolute Gasteiger partial charge is 0.384 e. The van der Waals surface area contributed by atoms with Crippen LogP contribution < -0.4 is 0 Å². The van der Waals surface area contributed by atoms with Gasteiger partial charge in [-0.05, 0) is 34.7 Å². The van der Waals surface area contributed by atoms with Crippen LogP contribution in [0.3, 0.4) is 0 Å². The summed E-state index contributed by atoms with van der Waals surface area (Å²) in [7, 11) is 0. The fourth-order valence-corrected chi connectivity index (χ4v) is 2.63. The summed E-state index contributed by atoms with van der Waals surface area (Å²) in [6.07, 6.45) is -0.574. The first-order valence-electron chi connectivity index (χ1n) is 7.14. The van der Waals surface area contributed by atoms with Crippen molar-refractivity contribution in [1.29, 1.82) is 0 Å². The van der Waals surface area contributed by atoms with Crippen molar-refractivity contribution in [3.63, 3.8) is 0 Å². The van der Waals surface area contributed by atoms with Gasteiger partial charge in [0.25, 0.3) is 0 Å². The fourth-order valence-electron chi connectivity index (χ4n) is 2.63. The summed E-state index contributed by atoms with van der Waals surface area (Å²) >= 11 is 0. The average Bonchev–Trinajstić information content (AvgIpc) is 2.55. The van der Waals surface area contributed by atoms with Gasteiger partial charge in [0.05, 0.1) is 0 Å². The Morgan fingerprint density at radius 2 is 1.33 bits per heavy atom. The van der Waals surface area contributed by atoms with Gasteiger partial charge in [-0.25, -0.2) is 0 Å². The summed E-state index contributed by atoms with van der Waals surface area (Å²) in [6, 6.07) is 26.2. The lowest BCUT2D eigenvalue weighted by molar-refractivity contribution is 0.220. The minimum Gasteiger partial charge on any atom is -0.384 e. The fraction of sp³-hybridized carbons (Fsp3) is 0.100. The maximum absolute atomic E-state index is 10.5. The molecular weight excluding hydrogens is 256 g/mol. The van der Waals surface area contributed by atoms with E-state index in [9.17, 15) is 5.11 Å². The molecule has 0 bridgehead atoms. The number of rotatable bonds is 3. The van der Waals surface area contributed by atoms with Crippen LogP contribution in [0.2, 0.25) is 0 Å². The molecule has 1 nitrogen and oxygen atoms in total. The first kappa shape index (κ1) is 13.6. The third-order valence-electron chi connectivity index (χ3n) is 3.77. The Kier molecular flexibility index (Phi) is 3.85. The van der Waals surface area contributed by atoms with Crippen molar-refractivity contribution < 1.29 is 5.11 Å². The average molecular weight is 274 g/mol. The van der Waals surface area contributed by atoms with Crippen molar-refractivity contribution in [2.75, 3.05) is 0 Å². The first-order valence-corrected chi connectivity index (χ1v) is 7.14. The molecule has 0 aliphatic rings. The summed E-state index contributed by atoms with van der Waals surface area (Å²) in [5, 5.41) is 10.5. The van der Waals surface area contributed by atoms with Crippen LogP contribution in [-0.2, 0) is 0 Å². The van der Waals surface area contributed by atoms with E-state index in [1.165, 1.54) is 16.7 Å². The number of aryl methyl sites for hydroxylation is 1. The Morgan fingerprint density at radius 3 is 1.95 bits per heavy atom. The monoisotopic (exact) mass is 274 g/mol. The molecule has 1 heteroatoms. The second kappa shape index (κ2) is 5.94. The highest BCUT2D eigenvalue weighted by Gasteiger charge is 2.11. The minimum atomic E-state index is -0.574. The van der Waals surface area contributed by atoms with Crippen molar-refractivity contribution in [2.24, 2.45) is 0 Å². The van der Waals surface area contributed by atoms with Crippen LogP contribution in [0, 0.1) is 6.92 Å². The smallest absolute Gasteiger partial charge is 0.104 e. The topological polar surface area (TPSA) is 20.2 Å². The van der Waals surface area contributed by atoms with E-state index in [-0.39, 0.29) is 0 Å². The highest BCUT2D eigenvalue weighted by Crippen LogP contribution is 2.28. The zero-order chi connectivity index (χ0) is 14.7. The molecule has 3 aromatic rings. The molecule has 104 valence electrons. The van der Waals surface area contributed by atoms with E-state index in [2.05, 4.69) is 31.2 Å². The standard InChI is InChI=1S/C20H18O/c1-15-14-18(20(21)17-10-6-3-7-11-17)12-13-19(15)16-8-4-2-5-9-16/h2-14,20-21H,1H3. The third-order valence-corrected chi connectivity index (χ3v) is 3.77. The van der Waals surface area contributed by atoms with Gasteiger partial charge < -0.3 is 5.11 Å². The Morgan fingerprint density at radius 1 is 0.714 bits per heavy atom. The Bertz CT molecular complexity index is 717. The van der Waals surface area contributed by atoms with Crippen LogP contribution in [-0.4, -0.2) is 5.11 Å². The molecule has 0 saturated carbocycles. The molecule has 0 saturated heterocycles. The van der Waals surface area contributed by atoms with Gasteiger partial charge in [0.2, 0.25) is 0 Å². The number of aliphatic hydroxyl groups is 1. The van der Waals surface area contributed by atoms with Gasteiger partial charge in [-0.1, -0.05) is 78.9 Å². The Labute approximate surface area is 125 Å². The van der Waals surface area contributed by atoms with Crippen molar-refractivity contribution >= 4 is 0 Å². The molecule has 0 heterocycles. The molecule has 0 aromatic heterocycles. The lowest BCUT2D eigenvalue weighted by Crippen LogP contribution is -2.00. The molecule has 0 aliphatic carbocycles. The number of benzene rings is 3. The third kappa shape index (κ3) is 2.88. The predicted molar refractivity (Wildman–Crippen MR) is 87.1 cm³/mol.